The Bertz CT molecular complexity index is 1240. The Morgan fingerprint density at radius 1 is 1.06 bits per heavy atom. The largest absolute Gasteiger partial charge is 0.328 e. The van der Waals surface area contributed by atoms with Gasteiger partial charge in [-0.2, -0.15) is 0 Å². The molecule has 3 rings (SSSR count). The van der Waals surface area contributed by atoms with Crippen LogP contribution in [0.1, 0.15) is 19.2 Å². The zero-order valence-electron chi connectivity index (χ0n) is 17.8. The number of fused-ring (bicyclic) bond motifs is 1. The summed E-state index contributed by atoms with van der Waals surface area (Å²) >= 11 is 0. The Balaban J connectivity index is 1.83. The summed E-state index contributed by atoms with van der Waals surface area (Å²) in [5, 5.41) is 0. The summed E-state index contributed by atoms with van der Waals surface area (Å²) in [5.74, 6) is -1.63. The van der Waals surface area contributed by atoms with Gasteiger partial charge in [0.05, 0.1) is 15.9 Å². The lowest BCUT2D eigenvalue weighted by Crippen LogP contribution is -2.27. The number of hydrogen-bond donors (Lipinski definition) is 0. The van der Waals surface area contributed by atoms with E-state index in [9.17, 15) is 22.0 Å². The fourth-order valence-electron chi connectivity index (χ4n) is 3.30. The number of nitrogens with zero attached hydrogens (tertiary/aromatic N) is 4. The molecule has 0 saturated heterocycles. The molecule has 31 heavy (non-hydrogen) atoms. The number of anilines is 1. The van der Waals surface area contributed by atoms with Crippen LogP contribution in [0, 0.1) is 11.6 Å². The monoisotopic (exact) mass is 450 g/mol. The SMILES string of the molecule is CCn1c(CCC(=O)N(C)c2ccc(F)c(F)c2)nc2cc(S(=O)(=O)N(C)C)ccc21. The first kappa shape index (κ1) is 22.8. The fourth-order valence-corrected chi connectivity index (χ4v) is 4.22. The number of amides is 1. The zero-order valence-corrected chi connectivity index (χ0v) is 18.6. The van der Waals surface area contributed by atoms with Crippen LogP contribution in [-0.4, -0.2) is 49.3 Å². The van der Waals surface area contributed by atoms with E-state index < -0.39 is 21.7 Å². The van der Waals surface area contributed by atoms with Crippen molar-refractivity contribution in [1.29, 1.82) is 0 Å². The van der Waals surface area contributed by atoms with E-state index in [0.29, 0.717) is 24.3 Å². The van der Waals surface area contributed by atoms with Gasteiger partial charge in [-0.1, -0.05) is 0 Å². The summed E-state index contributed by atoms with van der Waals surface area (Å²) in [4.78, 5) is 18.5. The summed E-state index contributed by atoms with van der Waals surface area (Å²) in [6.07, 6.45) is 0.410. The Kier molecular flexibility index (Phi) is 6.42. The van der Waals surface area contributed by atoms with Crippen LogP contribution in [0.5, 0.6) is 0 Å². The summed E-state index contributed by atoms with van der Waals surface area (Å²) in [6.45, 7) is 2.53. The molecule has 2 aromatic carbocycles. The molecule has 0 spiro atoms. The van der Waals surface area contributed by atoms with Crippen molar-refractivity contribution in [1.82, 2.24) is 13.9 Å². The van der Waals surface area contributed by atoms with Crippen LogP contribution in [-0.2, 0) is 27.8 Å². The third kappa shape index (κ3) is 4.45. The highest BCUT2D eigenvalue weighted by atomic mass is 32.2. The maximum atomic E-state index is 13.5. The van der Waals surface area contributed by atoms with Gasteiger partial charge in [0, 0.05) is 52.3 Å². The highest BCUT2D eigenvalue weighted by molar-refractivity contribution is 7.89. The summed E-state index contributed by atoms with van der Waals surface area (Å²) in [7, 11) is 0.835. The van der Waals surface area contributed by atoms with Gasteiger partial charge >= 0.3 is 0 Å². The van der Waals surface area contributed by atoms with Gasteiger partial charge in [0.2, 0.25) is 15.9 Å². The van der Waals surface area contributed by atoms with Crippen molar-refractivity contribution < 1.29 is 22.0 Å². The predicted octanol–water partition coefficient (Wildman–Crippen LogP) is 3.18. The van der Waals surface area contributed by atoms with E-state index in [2.05, 4.69) is 4.98 Å². The Hall–Kier alpha value is -2.85. The predicted molar refractivity (Wildman–Crippen MR) is 114 cm³/mol. The Labute approximate surface area is 180 Å². The van der Waals surface area contributed by atoms with Crippen molar-refractivity contribution >= 4 is 32.7 Å². The first-order chi connectivity index (χ1) is 14.6. The molecule has 0 aliphatic heterocycles. The smallest absolute Gasteiger partial charge is 0.242 e. The average Bonchev–Trinajstić information content (AvgIpc) is 3.09. The molecule has 0 aliphatic carbocycles. The number of carbonyl (C=O) groups excluding carboxylic acids is 1. The molecule has 0 saturated carbocycles. The lowest BCUT2D eigenvalue weighted by Gasteiger charge is -2.17. The maximum absolute atomic E-state index is 13.5. The van der Waals surface area contributed by atoms with Crippen molar-refractivity contribution in [3.63, 3.8) is 0 Å². The van der Waals surface area contributed by atoms with Crippen molar-refractivity contribution in [3.05, 3.63) is 53.9 Å². The van der Waals surface area contributed by atoms with Crippen LogP contribution in [0.3, 0.4) is 0 Å². The minimum Gasteiger partial charge on any atom is -0.328 e. The fraction of sp³-hybridized carbons (Fsp3) is 0.333. The molecule has 0 fully saturated rings. The molecule has 0 unspecified atom stereocenters. The topological polar surface area (TPSA) is 75.5 Å². The second-order valence-electron chi connectivity index (χ2n) is 7.26. The Morgan fingerprint density at radius 3 is 2.39 bits per heavy atom. The van der Waals surface area contributed by atoms with Gasteiger partial charge in [-0.25, -0.2) is 26.5 Å². The summed E-state index contributed by atoms with van der Waals surface area (Å²) in [6, 6.07) is 8.06. The van der Waals surface area contributed by atoms with E-state index in [0.717, 1.165) is 22.0 Å². The molecular formula is C21H24F2N4O3S. The minimum absolute atomic E-state index is 0.0989. The van der Waals surface area contributed by atoms with Crippen molar-refractivity contribution in [2.75, 3.05) is 26.0 Å². The van der Waals surface area contributed by atoms with Crippen LogP contribution in [0.25, 0.3) is 11.0 Å². The number of hydrogen-bond acceptors (Lipinski definition) is 4. The molecule has 0 N–H and O–H groups in total. The van der Waals surface area contributed by atoms with Crippen molar-refractivity contribution in [3.8, 4) is 0 Å². The van der Waals surface area contributed by atoms with Gasteiger partial charge in [-0.05, 0) is 37.3 Å². The van der Waals surface area contributed by atoms with Gasteiger partial charge in [-0.15, -0.1) is 0 Å². The van der Waals surface area contributed by atoms with Gasteiger partial charge in [0.1, 0.15) is 5.82 Å². The molecule has 1 heterocycles. The van der Waals surface area contributed by atoms with E-state index in [-0.39, 0.29) is 22.9 Å². The van der Waals surface area contributed by atoms with Crippen LogP contribution >= 0.6 is 0 Å². The number of aromatic nitrogens is 2. The first-order valence-electron chi connectivity index (χ1n) is 9.69. The van der Waals surface area contributed by atoms with E-state index in [1.165, 1.54) is 44.2 Å². The zero-order chi connectivity index (χ0) is 22.9. The molecule has 0 bridgehead atoms. The van der Waals surface area contributed by atoms with Crippen LogP contribution < -0.4 is 4.90 Å². The van der Waals surface area contributed by atoms with E-state index in [4.69, 9.17) is 0 Å². The molecule has 10 heteroatoms. The van der Waals surface area contributed by atoms with Gasteiger partial charge in [-0.3, -0.25) is 4.79 Å². The molecule has 7 nitrogen and oxygen atoms in total. The number of aryl methyl sites for hydroxylation is 2. The first-order valence-corrected chi connectivity index (χ1v) is 11.1. The van der Waals surface area contributed by atoms with E-state index in [1.54, 1.807) is 6.07 Å². The number of carbonyl (C=O) groups is 1. The average molecular weight is 451 g/mol. The molecule has 1 amide bonds. The molecular weight excluding hydrogens is 426 g/mol. The van der Waals surface area contributed by atoms with Crippen molar-refractivity contribution in [2.45, 2.75) is 31.2 Å². The Morgan fingerprint density at radius 2 is 1.77 bits per heavy atom. The molecule has 166 valence electrons. The quantitative estimate of drug-likeness (QED) is 0.554. The highest BCUT2D eigenvalue weighted by Crippen LogP contribution is 2.23. The second kappa shape index (κ2) is 8.72. The highest BCUT2D eigenvalue weighted by Gasteiger charge is 2.20. The molecule has 0 aliphatic rings. The molecule has 0 atom stereocenters. The molecule has 3 aromatic rings. The second-order valence-corrected chi connectivity index (χ2v) is 9.41. The number of imidazole rings is 1. The maximum Gasteiger partial charge on any atom is 0.242 e. The van der Waals surface area contributed by atoms with Gasteiger partial charge in [0.25, 0.3) is 0 Å². The number of rotatable bonds is 7. The molecule has 1 aromatic heterocycles. The lowest BCUT2D eigenvalue weighted by atomic mass is 10.2. The van der Waals surface area contributed by atoms with E-state index in [1.807, 2.05) is 11.5 Å². The van der Waals surface area contributed by atoms with Crippen molar-refractivity contribution in [2.24, 2.45) is 0 Å². The summed E-state index contributed by atoms with van der Waals surface area (Å²) < 4.78 is 54.5. The van der Waals surface area contributed by atoms with E-state index >= 15 is 0 Å². The van der Waals surface area contributed by atoms with Gasteiger partial charge in [0.15, 0.2) is 11.6 Å². The van der Waals surface area contributed by atoms with Crippen LogP contribution in [0.15, 0.2) is 41.3 Å². The van der Waals surface area contributed by atoms with Crippen LogP contribution in [0.4, 0.5) is 14.5 Å². The third-order valence-electron chi connectivity index (χ3n) is 5.12. The minimum atomic E-state index is -3.59. The standard InChI is InChI=1S/C21H24F2N4O3S/c1-5-27-19-9-7-15(31(29,30)25(2)3)13-18(19)24-20(27)10-11-21(28)26(4)14-6-8-16(22)17(23)12-14/h6-9,12-13H,5,10-11H2,1-4H3. The van der Waals surface area contributed by atoms with Gasteiger partial charge < -0.3 is 9.47 Å². The third-order valence-corrected chi connectivity index (χ3v) is 6.93. The lowest BCUT2D eigenvalue weighted by molar-refractivity contribution is -0.118. The number of benzene rings is 2. The number of halogens is 2. The summed E-state index contributed by atoms with van der Waals surface area (Å²) in [5.41, 5.74) is 1.56. The van der Waals surface area contributed by atoms with Crippen LogP contribution in [0.2, 0.25) is 0 Å². The normalized spacial score (nSPS) is 12.0. The number of sulfonamides is 1. The molecule has 0 radical (unpaired) electrons.